The number of hydrogen-bond acceptors (Lipinski definition) is 4. The molecule has 158 valence electrons. The van der Waals surface area contributed by atoms with Gasteiger partial charge in [0, 0.05) is 54.7 Å². The van der Waals surface area contributed by atoms with Crippen LogP contribution in [-0.2, 0) is 0 Å². The number of aromatic nitrogens is 3. The van der Waals surface area contributed by atoms with Gasteiger partial charge >= 0.3 is 0 Å². The van der Waals surface area contributed by atoms with Gasteiger partial charge in [-0.05, 0) is 54.4 Å². The van der Waals surface area contributed by atoms with Crippen molar-refractivity contribution < 1.29 is 0 Å². The van der Waals surface area contributed by atoms with Crippen molar-refractivity contribution in [3.8, 4) is 22.4 Å². The van der Waals surface area contributed by atoms with E-state index in [1.807, 2.05) is 13.1 Å². The molecule has 1 aliphatic rings. The van der Waals surface area contributed by atoms with E-state index in [9.17, 15) is 0 Å². The summed E-state index contributed by atoms with van der Waals surface area (Å²) in [6.45, 7) is 6.25. The number of nitrogens with one attached hydrogen (secondary N) is 1. The van der Waals surface area contributed by atoms with Crippen LogP contribution in [0.15, 0.2) is 79.1 Å². The largest absolute Gasteiger partial charge is 0.369 e. The second kappa shape index (κ2) is 7.77. The molecule has 2 aromatic carbocycles. The molecule has 0 saturated carbocycles. The summed E-state index contributed by atoms with van der Waals surface area (Å²) in [5.74, 6) is 0. The number of imidazole rings is 1. The molecule has 6 rings (SSSR count). The fourth-order valence-electron chi connectivity index (χ4n) is 4.63. The molecule has 1 fully saturated rings. The van der Waals surface area contributed by atoms with Crippen LogP contribution in [-0.4, -0.2) is 40.5 Å². The maximum Gasteiger partial charge on any atom is 0.137 e. The summed E-state index contributed by atoms with van der Waals surface area (Å²) in [7, 11) is 0. The van der Waals surface area contributed by atoms with Gasteiger partial charge in [-0.3, -0.25) is 9.38 Å². The van der Waals surface area contributed by atoms with Crippen LogP contribution in [0, 0.1) is 6.92 Å². The highest BCUT2D eigenvalue weighted by molar-refractivity contribution is 5.94. The smallest absolute Gasteiger partial charge is 0.137 e. The van der Waals surface area contributed by atoms with Gasteiger partial charge in [0.1, 0.15) is 5.65 Å². The Morgan fingerprint density at radius 3 is 2.56 bits per heavy atom. The zero-order chi connectivity index (χ0) is 21.5. The Kier molecular flexibility index (Phi) is 4.62. The van der Waals surface area contributed by atoms with Crippen molar-refractivity contribution >= 4 is 22.2 Å². The third-order valence-corrected chi connectivity index (χ3v) is 6.34. The van der Waals surface area contributed by atoms with E-state index in [0.29, 0.717) is 0 Å². The van der Waals surface area contributed by atoms with Gasteiger partial charge in [0.15, 0.2) is 0 Å². The predicted octanol–water partition coefficient (Wildman–Crippen LogP) is 4.93. The first-order valence-corrected chi connectivity index (χ1v) is 11.2. The summed E-state index contributed by atoms with van der Waals surface area (Å²) in [6, 6.07) is 23.7. The van der Waals surface area contributed by atoms with Crippen LogP contribution in [0.3, 0.4) is 0 Å². The van der Waals surface area contributed by atoms with Crippen molar-refractivity contribution in [3.05, 3.63) is 84.8 Å². The van der Waals surface area contributed by atoms with Crippen molar-refractivity contribution in [3.63, 3.8) is 0 Å². The summed E-state index contributed by atoms with van der Waals surface area (Å²) < 4.78 is 2.16. The summed E-state index contributed by atoms with van der Waals surface area (Å²) in [6.07, 6.45) is 4.08. The Hall–Kier alpha value is -3.70. The number of pyridine rings is 2. The number of hydrogen-bond donors (Lipinski definition) is 1. The summed E-state index contributed by atoms with van der Waals surface area (Å²) in [5, 5.41) is 4.56. The molecule has 5 aromatic rings. The van der Waals surface area contributed by atoms with Crippen LogP contribution >= 0.6 is 0 Å². The third kappa shape index (κ3) is 3.31. The number of benzene rings is 2. The minimum atomic E-state index is 0.945. The molecule has 32 heavy (non-hydrogen) atoms. The minimum Gasteiger partial charge on any atom is -0.369 e. The number of fused-ring (bicyclic) bond motifs is 2. The van der Waals surface area contributed by atoms with Crippen molar-refractivity contribution in [1.29, 1.82) is 0 Å². The Morgan fingerprint density at radius 2 is 1.72 bits per heavy atom. The fourth-order valence-corrected chi connectivity index (χ4v) is 4.63. The van der Waals surface area contributed by atoms with Crippen LogP contribution in [0.1, 0.15) is 5.69 Å². The molecule has 5 heteroatoms. The van der Waals surface area contributed by atoms with E-state index < -0.39 is 0 Å². The zero-order valence-electron chi connectivity index (χ0n) is 18.1. The van der Waals surface area contributed by atoms with Crippen molar-refractivity contribution in [2.24, 2.45) is 0 Å². The van der Waals surface area contributed by atoms with Gasteiger partial charge in [-0.1, -0.05) is 30.3 Å². The third-order valence-electron chi connectivity index (χ3n) is 6.34. The maximum atomic E-state index is 4.72. The molecular formula is C27H25N5. The minimum absolute atomic E-state index is 0.945. The van der Waals surface area contributed by atoms with Crippen molar-refractivity contribution in [2.75, 3.05) is 31.1 Å². The van der Waals surface area contributed by atoms with E-state index in [4.69, 9.17) is 4.98 Å². The molecule has 4 heterocycles. The van der Waals surface area contributed by atoms with Gasteiger partial charge in [0.2, 0.25) is 0 Å². The average Bonchev–Trinajstić information content (AvgIpc) is 3.27. The SMILES string of the molecule is Cc1ccc2c(-c3cnc4cc(-c5ccc(N6CCNCC6)cc5)ccn34)cccc2n1. The first kappa shape index (κ1) is 19.0. The molecule has 0 amide bonds. The fraction of sp³-hybridized carbons (Fsp3) is 0.185. The molecule has 0 bridgehead atoms. The highest BCUT2D eigenvalue weighted by Gasteiger charge is 2.12. The monoisotopic (exact) mass is 419 g/mol. The van der Waals surface area contributed by atoms with E-state index in [-0.39, 0.29) is 0 Å². The van der Waals surface area contributed by atoms with Gasteiger partial charge in [-0.2, -0.15) is 0 Å². The van der Waals surface area contributed by atoms with Crippen molar-refractivity contribution in [1.82, 2.24) is 19.7 Å². The molecule has 0 unspecified atom stereocenters. The van der Waals surface area contributed by atoms with Gasteiger partial charge in [0.05, 0.1) is 17.4 Å². The van der Waals surface area contributed by atoms with Crippen LogP contribution in [0.25, 0.3) is 38.9 Å². The van der Waals surface area contributed by atoms with Gasteiger partial charge in [0.25, 0.3) is 0 Å². The Bertz CT molecular complexity index is 1410. The molecule has 1 saturated heterocycles. The first-order chi connectivity index (χ1) is 15.8. The number of piperazine rings is 1. The van der Waals surface area contributed by atoms with Crippen LogP contribution in [0.5, 0.6) is 0 Å². The number of anilines is 1. The van der Waals surface area contributed by atoms with Gasteiger partial charge < -0.3 is 10.2 Å². The van der Waals surface area contributed by atoms with Gasteiger partial charge in [-0.15, -0.1) is 0 Å². The predicted molar refractivity (Wildman–Crippen MR) is 131 cm³/mol. The van der Waals surface area contributed by atoms with Crippen LogP contribution in [0.2, 0.25) is 0 Å². The second-order valence-corrected chi connectivity index (χ2v) is 8.40. The first-order valence-electron chi connectivity index (χ1n) is 11.2. The van der Waals surface area contributed by atoms with E-state index in [0.717, 1.165) is 59.7 Å². The zero-order valence-corrected chi connectivity index (χ0v) is 18.1. The molecule has 1 N–H and O–H groups in total. The Balaban J connectivity index is 1.36. The normalized spacial score (nSPS) is 14.3. The van der Waals surface area contributed by atoms with Crippen LogP contribution < -0.4 is 10.2 Å². The van der Waals surface area contributed by atoms with E-state index in [1.54, 1.807) is 0 Å². The molecule has 0 aliphatic carbocycles. The van der Waals surface area contributed by atoms with E-state index in [2.05, 4.69) is 92.5 Å². The van der Waals surface area contributed by atoms with E-state index >= 15 is 0 Å². The molecule has 1 aliphatic heterocycles. The summed E-state index contributed by atoms with van der Waals surface area (Å²) in [5.41, 5.74) is 8.89. The summed E-state index contributed by atoms with van der Waals surface area (Å²) >= 11 is 0. The molecule has 0 atom stereocenters. The Morgan fingerprint density at radius 1 is 0.875 bits per heavy atom. The summed E-state index contributed by atoms with van der Waals surface area (Å²) in [4.78, 5) is 11.8. The molecular weight excluding hydrogens is 394 g/mol. The lowest BCUT2D eigenvalue weighted by Crippen LogP contribution is -2.43. The number of nitrogens with zero attached hydrogens (tertiary/aromatic N) is 4. The lowest BCUT2D eigenvalue weighted by Gasteiger charge is -2.29. The van der Waals surface area contributed by atoms with Gasteiger partial charge in [-0.25, -0.2) is 4.98 Å². The topological polar surface area (TPSA) is 45.5 Å². The average molecular weight is 420 g/mol. The number of rotatable bonds is 3. The maximum absolute atomic E-state index is 4.72. The molecule has 3 aromatic heterocycles. The van der Waals surface area contributed by atoms with Crippen LogP contribution in [0.4, 0.5) is 5.69 Å². The quantitative estimate of drug-likeness (QED) is 0.450. The number of aryl methyl sites for hydroxylation is 1. The highest BCUT2D eigenvalue weighted by Crippen LogP contribution is 2.30. The van der Waals surface area contributed by atoms with E-state index in [1.165, 1.54) is 16.8 Å². The van der Waals surface area contributed by atoms with Crippen molar-refractivity contribution in [2.45, 2.75) is 6.92 Å². The standard InChI is InChI=1S/C27H25N5/c1-19-5-10-23-24(3-2-4-25(23)30-19)26-18-29-27-17-21(11-14-32(26)27)20-6-8-22(9-7-20)31-15-12-28-13-16-31/h2-11,14,17-18,28H,12-13,15-16H2,1H3. The molecule has 0 radical (unpaired) electrons. The second-order valence-electron chi connectivity index (χ2n) is 8.40. The molecule has 0 spiro atoms. The lowest BCUT2D eigenvalue weighted by molar-refractivity contribution is 0.589. The molecule has 5 nitrogen and oxygen atoms in total. The Labute approximate surface area is 187 Å². The highest BCUT2D eigenvalue weighted by atomic mass is 15.2. The lowest BCUT2D eigenvalue weighted by atomic mass is 10.0.